The van der Waals surface area contributed by atoms with Crippen LogP contribution in [0, 0.1) is 11.3 Å². The Balaban J connectivity index is 2.03. The summed E-state index contributed by atoms with van der Waals surface area (Å²) in [6.07, 6.45) is 5.99. The molecule has 5 heteroatoms. The molecule has 0 aromatic heterocycles. The summed E-state index contributed by atoms with van der Waals surface area (Å²) < 4.78 is 0. The zero-order valence-corrected chi connectivity index (χ0v) is 14.8. The first kappa shape index (κ1) is 18.1. The minimum Gasteiger partial charge on any atom is -0.393 e. The van der Waals surface area contributed by atoms with Gasteiger partial charge in [0.05, 0.1) is 17.9 Å². The molecule has 1 fully saturated rings. The van der Waals surface area contributed by atoms with Crippen LogP contribution in [0.3, 0.4) is 0 Å². The smallest absolute Gasteiger partial charge is 0.173 e. The van der Waals surface area contributed by atoms with E-state index in [1.165, 1.54) is 0 Å². The zero-order valence-electron chi connectivity index (χ0n) is 14.0. The largest absolute Gasteiger partial charge is 0.393 e. The number of aliphatic hydroxyl groups is 2. The molecule has 1 saturated carbocycles. The van der Waals surface area contributed by atoms with Crippen molar-refractivity contribution < 1.29 is 19.8 Å². The summed E-state index contributed by atoms with van der Waals surface area (Å²) in [5.41, 5.74) is -2.12. The number of fused-ring (bicyclic) bond motifs is 1. The first-order valence-electron chi connectivity index (χ1n) is 8.43. The Morgan fingerprint density at radius 1 is 1.36 bits per heavy atom. The minimum absolute atomic E-state index is 0.154. The molecule has 4 nitrogen and oxygen atoms in total. The first-order valence-corrected chi connectivity index (χ1v) is 8.81. The summed E-state index contributed by atoms with van der Waals surface area (Å²) in [5.74, 6) is -0.840. The Kier molecular flexibility index (Phi) is 4.71. The molecule has 0 bridgehead atoms. The van der Waals surface area contributed by atoms with Gasteiger partial charge in [-0.3, -0.25) is 9.59 Å². The summed E-state index contributed by atoms with van der Waals surface area (Å²) in [6.45, 7) is 1.18. The Morgan fingerprint density at radius 3 is 2.72 bits per heavy atom. The third-order valence-corrected chi connectivity index (χ3v) is 5.70. The van der Waals surface area contributed by atoms with Gasteiger partial charge in [0.25, 0.3) is 0 Å². The summed E-state index contributed by atoms with van der Waals surface area (Å²) in [6, 6.07) is 6.53. The predicted octanol–water partition coefficient (Wildman–Crippen LogP) is 2.96. The molecule has 2 N–H and O–H groups in total. The van der Waals surface area contributed by atoms with Crippen LogP contribution in [0.1, 0.15) is 31.7 Å². The van der Waals surface area contributed by atoms with E-state index in [0.29, 0.717) is 22.6 Å². The number of halogens is 1. The summed E-state index contributed by atoms with van der Waals surface area (Å²) >= 11 is 6.01. The Hall–Kier alpha value is -1.75. The summed E-state index contributed by atoms with van der Waals surface area (Å²) in [7, 11) is 0. The highest BCUT2D eigenvalue weighted by Gasteiger charge is 2.58. The van der Waals surface area contributed by atoms with Crippen molar-refractivity contribution in [2.45, 2.75) is 31.8 Å². The van der Waals surface area contributed by atoms with Crippen molar-refractivity contribution in [1.29, 1.82) is 0 Å². The molecular formula is C20H21ClO4. The highest BCUT2D eigenvalue weighted by molar-refractivity contribution is 6.30. The van der Waals surface area contributed by atoms with Gasteiger partial charge in [0, 0.05) is 17.0 Å². The molecule has 0 amide bonds. The molecule has 2 aliphatic rings. The number of hydrogen-bond acceptors (Lipinski definition) is 4. The SMILES string of the molecule is CCC1(CC(O)(CO)c2cccc(Cl)c2)C(=O)C2=CC=CCC2C1=O. The zero-order chi connectivity index (χ0) is 18.2. The maximum atomic E-state index is 13.1. The number of benzene rings is 1. The maximum Gasteiger partial charge on any atom is 0.173 e. The van der Waals surface area contributed by atoms with E-state index in [2.05, 4.69) is 0 Å². The number of rotatable bonds is 5. The molecule has 3 rings (SSSR count). The minimum atomic E-state index is -1.71. The molecule has 25 heavy (non-hydrogen) atoms. The molecule has 3 atom stereocenters. The van der Waals surface area contributed by atoms with Gasteiger partial charge in [0.15, 0.2) is 11.6 Å². The highest BCUT2D eigenvalue weighted by Crippen LogP contribution is 2.50. The lowest BCUT2D eigenvalue weighted by molar-refractivity contribution is -0.143. The molecule has 0 spiro atoms. The second-order valence-corrected chi connectivity index (χ2v) is 7.28. The molecule has 2 aliphatic carbocycles. The monoisotopic (exact) mass is 360 g/mol. The lowest BCUT2D eigenvalue weighted by Crippen LogP contribution is -2.44. The van der Waals surface area contributed by atoms with Crippen LogP contribution in [0.2, 0.25) is 5.02 Å². The van der Waals surface area contributed by atoms with Crippen molar-refractivity contribution in [3.63, 3.8) is 0 Å². The van der Waals surface area contributed by atoms with Crippen LogP contribution in [0.25, 0.3) is 0 Å². The molecule has 0 radical (unpaired) electrons. The lowest BCUT2D eigenvalue weighted by Gasteiger charge is -2.35. The standard InChI is InChI=1S/C20H21ClO4/c1-2-19(17(23)15-8-3-4-9-16(15)18(19)24)11-20(25,12-22)13-6-5-7-14(21)10-13/h3-8,10,16,22,25H,2,9,11-12H2,1H3. The van der Waals surface area contributed by atoms with Gasteiger partial charge < -0.3 is 10.2 Å². The number of aliphatic hydroxyl groups excluding tert-OH is 1. The predicted molar refractivity (Wildman–Crippen MR) is 95.1 cm³/mol. The van der Waals surface area contributed by atoms with Gasteiger partial charge in [0.1, 0.15) is 5.60 Å². The van der Waals surface area contributed by atoms with E-state index in [9.17, 15) is 19.8 Å². The van der Waals surface area contributed by atoms with Gasteiger partial charge in [-0.15, -0.1) is 0 Å². The second kappa shape index (κ2) is 6.52. The molecule has 132 valence electrons. The van der Waals surface area contributed by atoms with E-state index in [0.717, 1.165) is 0 Å². The fourth-order valence-electron chi connectivity index (χ4n) is 3.99. The average Bonchev–Trinajstić information content (AvgIpc) is 2.84. The Morgan fingerprint density at radius 2 is 2.12 bits per heavy atom. The van der Waals surface area contributed by atoms with E-state index < -0.39 is 23.5 Å². The van der Waals surface area contributed by atoms with Crippen LogP contribution in [0.15, 0.2) is 48.1 Å². The normalized spacial score (nSPS) is 27.8. The molecular weight excluding hydrogens is 340 g/mol. The maximum absolute atomic E-state index is 13.1. The van der Waals surface area contributed by atoms with Crippen LogP contribution in [0.4, 0.5) is 0 Å². The van der Waals surface area contributed by atoms with Crippen molar-refractivity contribution in [2.24, 2.45) is 11.3 Å². The molecule has 0 heterocycles. The molecule has 3 unspecified atom stereocenters. The van der Waals surface area contributed by atoms with Gasteiger partial charge in [-0.1, -0.05) is 48.9 Å². The van der Waals surface area contributed by atoms with Crippen molar-refractivity contribution in [3.8, 4) is 0 Å². The number of Topliss-reactive ketones (excluding diaryl/α,β-unsaturated/α-hetero) is 2. The van der Waals surface area contributed by atoms with E-state index in [-0.39, 0.29) is 24.4 Å². The van der Waals surface area contributed by atoms with Gasteiger partial charge in [-0.05, 0) is 30.5 Å². The number of carbonyl (C=O) groups excluding carboxylic acids is 2. The third kappa shape index (κ3) is 2.78. The lowest BCUT2D eigenvalue weighted by atomic mass is 9.70. The van der Waals surface area contributed by atoms with Crippen LogP contribution in [0.5, 0.6) is 0 Å². The van der Waals surface area contributed by atoms with Crippen LogP contribution >= 0.6 is 11.6 Å². The summed E-state index contributed by atoms with van der Waals surface area (Å²) in [4.78, 5) is 26.1. The quantitative estimate of drug-likeness (QED) is 0.792. The number of carbonyl (C=O) groups is 2. The number of ketones is 2. The first-order chi connectivity index (χ1) is 11.9. The summed E-state index contributed by atoms with van der Waals surface area (Å²) in [5, 5.41) is 21.4. The van der Waals surface area contributed by atoms with Gasteiger partial charge >= 0.3 is 0 Å². The van der Waals surface area contributed by atoms with E-state index in [1.54, 1.807) is 43.3 Å². The van der Waals surface area contributed by atoms with E-state index in [1.807, 2.05) is 6.08 Å². The molecule has 1 aromatic rings. The third-order valence-electron chi connectivity index (χ3n) is 5.47. The number of allylic oxidation sites excluding steroid dienone is 4. The highest BCUT2D eigenvalue weighted by atomic mass is 35.5. The Labute approximate surface area is 151 Å². The number of hydrogen-bond donors (Lipinski definition) is 2. The second-order valence-electron chi connectivity index (χ2n) is 6.84. The van der Waals surface area contributed by atoms with Gasteiger partial charge in [-0.25, -0.2) is 0 Å². The van der Waals surface area contributed by atoms with Crippen molar-refractivity contribution in [1.82, 2.24) is 0 Å². The fraction of sp³-hybridized carbons (Fsp3) is 0.400. The van der Waals surface area contributed by atoms with E-state index in [4.69, 9.17) is 11.6 Å². The van der Waals surface area contributed by atoms with Gasteiger partial charge in [0.2, 0.25) is 0 Å². The fourth-order valence-corrected chi connectivity index (χ4v) is 4.18. The van der Waals surface area contributed by atoms with Crippen LogP contribution in [-0.2, 0) is 15.2 Å². The topological polar surface area (TPSA) is 74.6 Å². The van der Waals surface area contributed by atoms with Crippen LogP contribution < -0.4 is 0 Å². The molecule has 1 aromatic carbocycles. The average molecular weight is 361 g/mol. The van der Waals surface area contributed by atoms with Crippen molar-refractivity contribution >= 4 is 23.2 Å². The van der Waals surface area contributed by atoms with Crippen molar-refractivity contribution in [2.75, 3.05) is 6.61 Å². The Bertz CT molecular complexity index is 782. The molecule has 0 saturated heterocycles. The van der Waals surface area contributed by atoms with Crippen LogP contribution in [-0.4, -0.2) is 28.4 Å². The van der Waals surface area contributed by atoms with E-state index >= 15 is 0 Å². The van der Waals surface area contributed by atoms with Gasteiger partial charge in [-0.2, -0.15) is 0 Å². The van der Waals surface area contributed by atoms with Crippen molar-refractivity contribution in [3.05, 3.63) is 58.7 Å². The molecule has 0 aliphatic heterocycles.